The standard InChI is InChI=1S/C20H13N3O5S/c24-13-7-5-12(6-8-13)21-19-18(29-20(25)22-19)11-14-9-10-17(28-14)15-3-1-2-4-16(15)23(26)27/h1-11,24H,(H,21,22,25). The third kappa shape index (κ3) is 4.04. The number of aromatic hydroxyl groups is 1. The maximum Gasteiger partial charge on any atom is 0.289 e. The molecule has 4 rings (SSSR count). The number of nitro benzene ring substituents is 1. The zero-order valence-corrected chi connectivity index (χ0v) is 15.6. The molecule has 144 valence electrons. The monoisotopic (exact) mass is 407 g/mol. The number of carbonyl (C=O) groups is 1. The molecule has 2 aromatic carbocycles. The summed E-state index contributed by atoms with van der Waals surface area (Å²) in [4.78, 5) is 27.5. The summed E-state index contributed by atoms with van der Waals surface area (Å²) in [6.07, 6.45) is 1.64. The first-order chi connectivity index (χ1) is 14.0. The Labute approximate surface area is 168 Å². The summed E-state index contributed by atoms with van der Waals surface area (Å²) in [6.45, 7) is 0. The van der Waals surface area contributed by atoms with Gasteiger partial charge >= 0.3 is 0 Å². The molecule has 0 unspecified atom stereocenters. The van der Waals surface area contributed by atoms with E-state index < -0.39 is 4.92 Å². The molecule has 0 spiro atoms. The lowest BCUT2D eigenvalue weighted by atomic mass is 10.1. The number of hydrogen-bond acceptors (Lipinski definition) is 7. The van der Waals surface area contributed by atoms with Crippen molar-refractivity contribution < 1.29 is 19.2 Å². The van der Waals surface area contributed by atoms with Crippen LogP contribution in [0.3, 0.4) is 0 Å². The van der Waals surface area contributed by atoms with E-state index in [4.69, 9.17) is 4.42 Å². The van der Waals surface area contributed by atoms with Crippen LogP contribution in [0.2, 0.25) is 0 Å². The van der Waals surface area contributed by atoms with E-state index in [1.165, 1.54) is 18.2 Å². The van der Waals surface area contributed by atoms with Crippen molar-refractivity contribution in [2.45, 2.75) is 0 Å². The number of phenols is 1. The van der Waals surface area contributed by atoms with Crippen LogP contribution in [-0.2, 0) is 0 Å². The van der Waals surface area contributed by atoms with Gasteiger partial charge in [-0.3, -0.25) is 14.9 Å². The molecule has 1 saturated heterocycles. The van der Waals surface area contributed by atoms with Gasteiger partial charge < -0.3 is 14.8 Å². The summed E-state index contributed by atoms with van der Waals surface area (Å²) in [5.41, 5.74) is 0.877. The van der Waals surface area contributed by atoms with E-state index in [9.17, 15) is 20.0 Å². The summed E-state index contributed by atoms with van der Waals surface area (Å²) in [5.74, 6) is 1.25. The number of hydrogen-bond donors (Lipinski definition) is 2. The average molecular weight is 407 g/mol. The van der Waals surface area contributed by atoms with E-state index in [2.05, 4.69) is 10.3 Å². The lowest BCUT2D eigenvalue weighted by Crippen LogP contribution is -2.18. The van der Waals surface area contributed by atoms with Crippen LogP contribution >= 0.6 is 11.8 Å². The fraction of sp³-hybridized carbons (Fsp3) is 0. The van der Waals surface area contributed by atoms with Crippen molar-refractivity contribution in [1.82, 2.24) is 5.32 Å². The number of carbonyl (C=O) groups excluding carboxylic acids is 1. The number of amidine groups is 1. The molecule has 0 atom stereocenters. The molecular weight excluding hydrogens is 394 g/mol. The topological polar surface area (TPSA) is 118 Å². The molecule has 0 radical (unpaired) electrons. The predicted molar refractivity (Wildman–Crippen MR) is 110 cm³/mol. The van der Waals surface area contributed by atoms with Gasteiger partial charge in [-0.2, -0.15) is 0 Å². The third-order valence-corrected chi connectivity index (χ3v) is 4.83. The van der Waals surface area contributed by atoms with Crippen LogP contribution < -0.4 is 5.32 Å². The zero-order chi connectivity index (χ0) is 20.4. The van der Waals surface area contributed by atoms with E-state index >= 15 is 0 Å². The lowest BCUT2D eigenvalue weighted by molar-refractivity contribution is -0.384. The Kier molecular flexibility index (Phi) is 4.88. The van der Waals surface area contributed by atoms with Gasteiger partial charge in [-0.05, 0) is 60.3 Å². The fourth-order valence-electron chi connectivity index (χ4n) is 2.71. The zero-order valence-electron chi connectivity index (χ0n) is 14.7. The Morgan fingerprint density at radius 1 is 1.10 bits per heavy atom. The minimum Gasteiger partial charge on any atom is -0.508 e. The highest BCUT2D eigenvalue weighted by Crippen LogP contribution is 2.33. The van der Waals surface area contributed by atoms with Crippen LogP contribution in [0.4, 0.5) is 16.2 Å². The maximum atomic E-state index is 11.8. The van der Waals surface area contributed by atoms with Crippen LogP contribution in [0.25, 0.3) is 17.4 Å². The highest BCUT2D eigenvalue weighted by molar-refractivity contribution is 8.18. The Hall–Kier alpha value is -3.85. The van der Waals surface area contributed by atoms with Crippen LogP contribution in [0, 0.1) is 10.1 Å². The van der Waals surface area contributed by atoms with Crippen LogP contribution in [0.1, 0.15) is 5.76 Å². The summed E-state index contributed by atoms with van der Waals surface area (Å²) >= 11 is 0.967. The second kappa shape index (κ2) is 7.64. The number of nitro groups is 1. The van der Waals surface area contributed by atoms with Gasteiger partial charge in [-0.15, -0.1) is 0 Å². The quantitative estimate of drug-likeness (QED) is 0.459. The predicted octanol–water partition coefficient (Wildman–Crippen LogP) is 5.09. The Bertz CT molecular complexity index is 1160. The van der Waals surface area contributed by atoms with Crippen molar-refractivity contribution in [3.63, 3.8) is 0 Å². The number of amides is 1. The van der Waals surface area contributed by atoms with Gasteiger partial charge in [-0.1, -0.05) is 12.1 Å². The fourth-order valence-corrected chi connectivity index (χ4v) is 3.43. The minimum absolute atomic E-state index is 0.0530. The molecule has 1 amide bonds. The van der Waals surface area contributed by atoms with Crippen molar-refractivity contribution in [3.8, 4) is 17.1 Å². The summed E-state index contributed by atoms with van der Waals surface area (Å²) < 4.78 is 5.75. The van der Waals surface area contributed by atoms with Crippen molar-refractivity contribution in [2.75, 3.05) is 0 Å². The van der Waals surface area contributed by atoms with Gasteiger partial charge in [-0.25, -0.2) is 4.99 Å². The number of benzene rings is 2. The van der Waals surface area contributed by atoms with Gasteiger partial charge in [0.1, 0.15) is 23.1 Å². The molecule has 1 aliphatic heterocycles. The molecule has 2 N–H and O–H groups in total. The van der Waals surface area contributed by atoms with Gasteiger partial charge in [0.15, 0.2) is 0 Å². The van der Waals surface area contributed by atoms with Gasteiger partial charge in [0, 0.05) is 6.07 Å². The normalized spacial score (nSPS) is 16.3. The molecule has 9 heteroatoms. The van der Waals surface area contributed by atoms with Gasteiger partial charge in [0.2, 0.25) is 0 Å². The molecule has 0 aliphatic carbocycles. The number of phenolic OH excluding ortho intramolecular Hbond substituents is 1. The second-order valence-electron chi connectivity index (χ2n) is 5.98. The smallest absolute Gasteiger partial charge is 0.289 e. The van der Waals surface area contributed by atoms with Crippen molar-refractivity contribution >= 4 is 40.3 Å². The number of nitrogens with one attached hydrogen (secondary N) is 1. The van der Waals surface area contributed by atoms with Crippen molar-refractivity contribution in [1.29, 1.82) is 0 Å². The molecule has 8 nitrogen and oxygen atoms in total. The first-order valence-corrected chi connectivity index (χ1v) is 9.23. The van der Waals surface area contributed by atoms with Crippen LogP contribution in [-0.4, -0.2) is 21.1 Å². The highest BCUT2D eigenvalue weighted by atomic mass is 32.2. The van der Waals surface area contributed by atoms with Crippen LogP contribution in [0.5, 0.6) is 5.75 Å². The molecule has 1 aliphatic rings. The number of aliphatic imine (C=N–C) groups is 1. The summed E-state index contributed by atoms with van der Waals surface area (Å²) in [7, 11) is 0. The number of thioether (sulfide) groups is 1. The number of rotatable bonds is 4. The lowest BCUT2D eigenvalue weighted by Gasteiger charge is -2.00. The molecule has 1 fully saturated rings. The van der Waals surface area contributed by atoms with Gasteiger partial charge in [0.25, 0.3) is 10.9 Å². The molecule has 1 aromatic heterocycles. The minimum atomic E-state index is -0.464. The Balaban J connectivity index is 1.66. The number of furan rings is 1. The second-order valence-corrected chi connectivity index (χ2v) is 6.99. The van der Waals surface area contributed by atoms with E-state index in [1.807, 2.05) is 0 Å². The van der Waals surface area contributed by atoms with Crippen molar-refractivity contribution in [3.05, 3.63) is 81.4 Å². The van der Waals surface area contributed by atoms with E-state index in [-0.39, 0.29) is 16.7 Å². The average Bonchev–Trinajstić information content (AvgIpc) is 3.30. The number of para-hydroxylation sites is 1. The highest BCUT2D eigenvalue weighted by Gasteiger charge is 2.24. The van der Waals surface area contributed by atoms with E-state index in [0.29, 0.717) is 33.5 Å². The molecular formula is C20H13N3O5S. The SMILES string of the molecule is O=C1NC(=Nc2ccc(O)cc2)C(=Cc2ccc(-c3ccccc3[N+](=O)[O-])o2)S1. The summed E-state index contributed by atoms with van der Waals surface area (Å²) in [5, 5.41) is 23.0. The third-order valence-electron chi connectivity index (χ3n) is 4.01. The van der Waals surface area contributed by atoms with Crippen LogP contribution in [0.15, 0.2) is 75.0 Å². The molecule has 29 heavy (non-hydrogen) atoms. The molecule has 2 heterocycles. The molecule has 0 bridgehead atoms. The first kappa shape index (κ1) is 18.5. The summed E-state index contributed by atoms with van der Waals surface area (Å²) in [6, 6.07) is 15.8. The Morgan fingerprint density at radius 2 is 1.86 bits per heavy atom. The van der Waals surface area contributed by atoms with Crippen molar-refractivity contribution in [2.24, 2.45) is 4.99 Å². The molecule has 0 saturated carbocycles. The maximum absolute atomic E-state index is 11.8. The van der Waals surface area contributed by atoms with E-state index in [0.717, 1.165) is 11.8 Å². The first-order valence-electron chi connectivity index (χ1n) is 8.42. The Morgan fingerprint density at radius 3 is 2.62 bits per heavy atom. The largest absolute Gasteiger partial charge is 0.508 e. The van der Waals surface area contributed by atoms with E-state index in [1.54, 1.807) is 48.5 Å². The van der Waals surface area contributed by atoms with Gasteiger partial charge in [0.05, 0.1) is 21.1 Å². The molecule has 3 aromatic rings. The number of nitrogens with zero attached hydrogens (tertiary/aromatic N) is 2.